The van der Waals surface area contributed by atoms with Crippen molar-refractivity contribution in [1.82, 2.24) is 4.90 Å². The molecule has 0 bridgehead atoms. The van der Waals surface area contributed by atoms with Gasteiger partial charge >= 0.3 is 5.97 Å². The van der Waals surface area contributed by atoms with Gasteiger partial charge in [0.25, 0.3) is 5.91 Å². The number of hydrogen-bond donors (Lipinski definition) is 0. The van der Waals surface area contributed by atoms with Gasteiger partial charge in [0.1, 0.15) is 0 Å². The lowest BCUT2D eigenvalue weighted by atomic mass is 10.0. The first-order chi connectivity index (χ1) is 13.1. The molecule has 4 nitrogen and oxygen atoms in total. The number of likely N-dealkylation sites (tertiary alicyclic amines) is 1. The van der Waals surface area contributed by atoms with E-state index in [0.29, 0.717) is 19.4 Å². The van der Waals surface area contributed by atoms with E-state index in [4.69, 9.17) is 4.74 Å². The molecule has 1 atom stereocenters. The number of unbranched alkanes of at least 4 members (excludes halogenated alkanes) is 14. The van der Waals surface area contributed by atoms with Crippen LogP contribution in [0.4, 0.5) is 0 Å². The number of likely N-dealkylation sites (N-methyl/N-ethyl adjacent to an activating group) is 1. The third kappa shape index (κ3) is 12.1. The van der Waals surface area contributed by atoms with Gasteiger partial charge in [-0.2, -0.15) is 0 Å². The van der Waals surface area contributed by atoms with Gasteiger partial charge in [-0.05, 0) is 6.42 Å². The van der Waals surface area contributed by atoms with E-state index in [-0.39, 0.29) is 11.9 Å². The van der Waals surface area contributed by atoms with E-state index in [2.05, 4.69) is 6.92 Å². The van der Waals surface area contributed by atoms with Gasteiger partial charge in [-0.3, -0.25) is 9.59 Å². The second-order valence-corrected chi connectivity index (χ2v) is 8.23. The molecule has 1 amide bonds. The van der Waals surface area contributed by atoms with E-state index in [1.54, 1.807) is 11.9 Å². The summed E-state index contributed by atoms with van der Waals surface area (Å²) in [5, 5.41) is 0. The van der Waals surface area contributed by atoms with Crippen molar-refractivity contribution in [2.24, 2.45) is 0 Å². The van der Waals surface area contributed by atoms with Crippen molar-refractivity contribution in [3.63, 3.8) is 0 Å². The van der Waals surface area contributed by atoms with Crippen LogP contribution in [0, 0.1) is 0 Å². The van der Waals surface area contributed by atoms with Gasteiger partial charge in [0.05, 0.1) is 0 Å². The van der Waals surface area contributed by atoms with Gasteiger partial charge in [-0.15, -0.1) is 0 Å². The summed E-state index contributed by atoms with van der Waals surface area (Å²) in [4.78, 5) is 25.1. The fourth-order valence-electron chi connectivity index (χ4n) is 3.76. The van der Waals surface area contributed by atoms with Crippen molar-refractivity contribution in [2.75, 3.05) is 13.6 Å². The van der Waals surface area contributed by atoms with Crippen LogP contribution in [0.25, 0.3) is 0 Å². The molecule has 0 N–H and O–H groups in total. The molecule has 1 heterocycles. The Labute approximate surface area is 167 Å². The lowest BCUT2D eigenvalue weighted by Crippen LogP contribution is -2.29. The summed E-state index contributed by atoms with van der Waals surface area (Å²) in [7, 11) is 1.75. The highest BCUT2D eigenvalue weighted by Crippen LogP contribution is 2.16. The summed E-state index contributed by atoms with van der Waals surface area (Å²) < 4.78 is 5.28. The second kappa shape index (κ2) is 15.9. The fraction of sp³-hybridized carbons (Fsp3) is 0.913. The minimum absolute atomic E-state index is 0.0557. The maximum atomic E-state index is 11.8. The molecule has 1 saturated heterocycles. The lowest BCUT2D eigenvalue weighted by molar-refractivity contribution is -0.156. The standard InChI is InChI=1S/C23H43NO3/c1-3-4-5-6-7-8-9-10-11-12-13-14-15-16-17-18-22(25)27-21-19-20-24(2)23(21)26/h21H,3-20H2,1-2H3. The highest BCUT2D eigenvalue weighted by atomic mass is 16.5. The van der Waals surface area contributed by atoms with Gasteiger partial charge in [-0.25, -0.2) is 0 Å². The number of rotatable bonds is 17. The van der Waals surface area contributed by atoms with Crippen LogP contribution in [-0.4, -0.2) is 36.5 Å². The van der Waals surface area contributed by atoms with Crippen LogP contribution >= 0.6 is 0 Å². The topological polar surface area (TPSA) is 46.6 Å². The molecule has 0 aromatic heterocycles. The Bertz CT molecular complexity index is 397. The maximum Gasteiger partial charge on any atom is 0.306 e. The van der Waals surface area contributed by atoms with Crippen molar-refractivity contribution in [3.05, 3.63) is 0 Å². The molecular formula is C23H43NO3. The number of hydrogen-bond acceptors (Lipinski definition) is 3. The fourth-order valence-corrected chi connectivity index (χ4v) is 3.76. The van der Waals surface area contributed by atoms with Crippen molar-refractivity contribution >= 4 is 11.9 Å². The molecule has 4 heteroatoms. The Morgan fingerprint density at radius 2 is 1.30 bits per heavy atom. The Balaban J connectivity index is 1.79. The van der Waals surface area contributed by atoms with E-state index in [1.807, 2.05) is 0 Å². The van der Waals surface area contributed by atoms with E-state index in [1.165, 1.54) is 83.5 Å². The molecule has 0 aliphatic carbocycles. The first-order valence-corrected chi connectivity index (χ1v) is 11.6. The Kier molecular flexibility index (Phi) is 14.2. The second-order valence-electron chi connectivity index (χ2n) is 8.23. The van der Waals surface area contributed by atoms with Crippen LogP contribution in [0.1, 0.15) is 116 Å². The number of carbonyl (C=O) groups excluding carboxylic acids is 2. The largest absolute Gasteiger partial charge is 0.452 e. The highest BCUT2D eigenvalue weighted by molar-refractivity contribution is 5.85. The summed E-state index contributed by atoms with van der Waals surface area (Å²) in [6, 6.07) is 0. The highest BCUT2D eigenvalue weighted by Gasteiger charge is 2.31. The predicted octanol–water partition coefficient (Wildman–Crippen LogP) is 6.02. The number of ether oxygens (including phenoxy) is 1. The van der Waals surface area contributed by atoms with Gasteiger partial charge < -0.3 is 9.64 Å². The summed E-state index contributed by atoms with van der Waals surface area (Å²) >= 11 is 0. The average Bonchev–Trinajstić information content (AvgIpc) is 2.97. The van der Waals surface area contributed by atoms with E-state index < -0.39 is 6.10 Å². The van der Waals surface area contributed by atoms with E-state index in [0.717, 1.165) is 12.8 Å². The van der Waals surface area contributed by atoms with Crippen molar-refractivity contribution in [3.8, 4) is 0 Å². The molecule has 27 heavy (non-hydrogen) atoms. The van der Waals surface area contributed by atoms with Gasteiger partial charge in [-0.1, -0.05) is 96.8 Å². The Hall–Kier alpha value is -1.06. The van der Waals surface area contributed by atoms with Crippen LogP contribution in [0.5, 0.6) is 0 Å². The molecule has 1 unspecified atom stereocenters. The third-order valence-electron chi connectivity index (χ3n) is 5.64. The average molecular weight is 382 g/mol. The summed E-state index contributed by atoms with van der Waals surface area (Å²) in [5.74, 6) is -0.266. The molecule has 1 fully saturated rings. The quantitative estimate of drug-likeness (QED) is 0.228. The maximum absolute atomic E-state index is 11.8. The molecule has 0 saturated carbocycles. The molecule has 158 valence electrons. The Morgan fingerprint density at radius 1 is 0.852 bits per heavy atom. The Morgan fingerprint density at radius 3 is 1.70 bits per heavy atom. The molecule has 1 aliphatic rings. The van der Waals surface area contributed by atoms with Crippen LogP contribution in [0.2, 0.25) is 0 Å². The van der Waals surface area contributed by atoms with Crippen molar-refractivity contribution in [1.29, 1.82) is 0 Å². The molecule has 1 rings (SSSR count). The van der Waals surface area contributed by atoms with Crippen LogP contribution in [0.3, 0.4) is 0 Å². The molecular weight excluding hydrogens is 338 g/mol. The van der Waals surface area contributed by atoms with E-state index in [9.17, 15) is 9.59 Å². The lowest BCUT2D eigenvalue weighted by Gasteiger charge is -2.11. The zero-order valence-corrected chi connectivity index (χ0v) is 18.0. The molecule has 0 aromatic rings. The van der Waals surface area contributed by atoms with Gasteiger partial charge in [0.2, 0.25) is 0 Å². The van der Waals surface area contributed by atoms with Crippen LogP contribution in [0.15, 0.2) is 0 Å². The van der Waals surface area contributed by atoms with Crippen LogP contribution < -0.4 is 0 Å². The molecule has 0 aromatic carbocycles. The smallest absolute Gasteiger partial charge is 0.306 e. The molecule has 0 spiro atoms. The monoisotopic (exact) mass is 381 g/mol. The summed E-state index contributed by atoms with van der Waals surface area (Å²) in [6.45, 7) is 2.96. The minimum Gasteiger partial charge on any atom is -0.452 e. The first-order valence-electron chi connectivity index (χ1n) is 11.6. The number of nitrogens with zero attached hydrogens (tertiary/aromatic N) is 1. The third-order valence-corrected chi connectivity index (χ3v) is 5.64. The predicted molar refractivity (Wildman–Crippen MR) is 112 cm³/mol. The van der Waals surface area contributed by atoms with E-state index >= 15 is 0 Å². The first kappa shape index (κ1) is 24.0. The SMILES string of the molecule is CCCCCCCCCCCCCCCCCC(=O)OC1CCN(C)C1=O. The normalized spacial score (nSPS) is 16.9. The zero-order chi connectivity index (χ0) is 19.7. The van der Waals surface area contributed by atoms with Gasteiger partial charge in [0.15, 0.2) is 6.10 Å². The zero-order valence-electron chi connectivity index (χ0n) is 18.0. The van der Waals surface area contributed by atoms with Gasteiger partial charge in [0, 0.05) is 26.4 Å². The van der Waals surface area contributed by atoms with Crippen molar-refractivity contribution in [2.45, 2.75) is 122 Å². The summed E-state index contributed by atoms with van der Waals surface area (Å²) in [6.07, 6.45) is 20.3. The molecule has 1 aliphatic heterocycles. The van der Waals surface area contributed by atoms with Crippen molar-refractivity contribution < 1.29 is 14.3 Å². The number of amides is 1. The minimum atomic E-state index is -0.529. The summed E-state index contributed by atoms with van der Waals surface area (Å²) in [5.41, 5.74) is 0. The molecule has 0 radical (unpaired) electrons. The number of carbonyl (C=O) groups is 2. The van der Waals surface area contributed by atoms with Crippen LogP contribution in [-0.2, 0) is 14.3 Å². The number of esters is 1.